The smallest absolute Gasteiger partial charge is 0.226 e. The van der Waals surface area contributed by atoms with Gasteiger partial charge in [0.1, 0.15) is 0 Å². The SMILES string of the molecule is CC(=O)N(CCC(=O)Nc1ccc(Cl)cc1Cl)c1ccc(F)c(F)c1. The number of benzene rings is 2. The topological polar surface area (TPSA) is 49.4 Å². The van der Waals surface area contributed by atoms with Gasteiger partial charge < -0.3 is 10.2 Å². The Labute approximate surface area is 153 Å². The number of halogens is 4. The minimum atomic E-state index is -1.07. The lowest BCUT2D eigenvalue weighted by molar-refractivity contribution is -0.117. The van der Waals surface area contributed by atoms with Crippen LogP contribution in [0.1, 0.15) is 13.3 Å². The predicted molar refractivity (Wildman–Crippen MR) is 94.1 cm³/mol. The van der Waals surface area contributed by atoms with Crippen molar-refractivity contribution in [1.82, 2.24) is 0 Å². The first-order valence-electron chi connectivity index (χ1n) is 7.26. The minimum Gasteiger partial charge on any atom is -0.325 e. The van der Waals surface area contributed by atoms with Crippen LogP contribution in [0.4, 0.5) is 20.2 Å². The maximum atomic E-state index is 13.3. The molecular formula is C17H14Cl2F2N2O2. The molecule has 0 fully saturated rings. The molecule has 0 aromatic heterocycles. The standard InChI is InChI=1S/C17H14Cl2F2N2O2/c1-10(24)23(12-3-4-14(20)15(21)9-12)7-6-17(25)22-16-5-2-11(18)8-13(16)19/h2-5,8-9H,6-7H2,1H3,(H,22,25). The summed E-state index contributed by atoms with van der Waals surface area (Å²) in [5.41, 5.74) is 0.557. The van der Waals surface area contributed by atoms with Gasteiger partial charge >= 0.3 is 0 Å². The van der Waals surface area contributed by atoms with E-state index >= 15 is 0 Å². The average Bonchev–Trinajstić information content (AvgIpc) is 2.53. The average molecular weight is 387 g/mol. The van der Waals surface area contributed by atoms with Gasteiger partial charge in [0.05, 0.1) is 10.7 Å². The van der Waals surface area contributed by atoms with E-state index in [1.807, 2.05) is 0 Å². The van der Waals surface area contributed by atoms with Gasteiger partial charge in [0, 0.05) is 36.7 Å². The molecule has 1 N–H and O–H groups in total. The summed E-state index contributed by atoms with van der Waals surface area (Å²) in [5, 5.41) is 3.32. The van der Waals surface area contributed by atoms with Crippen molar-refractivity contribution in [3.8, 4) is 0 Å². The van der Waals surface area contributed by atoms with Crippen molar-refractivity contribution in [3.63, 3.8) is 0 Å². The highest BCUT2D eigenvalue weighted by Crippen LogP contribution is 2.25. The predicted octanol–water partition coefficient (Wildman–Crippen LogP) is 4.65. The molecule has 8 heteroatoms. The monoisotopic (exact) mass is 386 g/mol. The highest BCUT2D eigenvalue weighted by molar-refractivity contribution is 6.36. The quantitative estimate of drug-likeness (QED) is 0.812. The summed E-state index contributed by atoms with van der Waals surface area (Å²) >= 11 is 11.8. The van der Waals surface area contributed by atoms with E-state index in [0.717, 1.165) is 12.1 Å². The van der Waals surface area contributed by atoms with Gasteiger partial charge in [-0.2, -0.15) is 0 Å². The number of nitrogens with one attached hydrogen (secondary N) is 1. The Balaban J connectivity index is 2.04. The Hall–Kier alpha value is -2.18. The molecule has 0 bridgehead atoms. The number of hydrogen-bond acceptors (Lipinski definition) is 2. The van der Waals surface area contributed by atoms with Crippen LogP contribution in [-0.4, -0.2) is 18.4 Å². The minimum absolute atomic E-state index is 0.00253. The summed E-state index contributed by atoms with van der Waals surface area (Å²) in [4.78, 5) is 25.0. The van der Waals surface area contributed by atoms with E-state index < -0.39 is 23.4 Å². The Morgan fingerprint density at radius 2 is 1.80 bits per heavy atom. The number of rotatable bonds is 5. The normalized spacial score (nSPS) is 10.4. The van der Waals surface area contributed by atoms with Gasteiger partial charge in [-0.15, -0.1) is 0 Å². The number of carbonyl (C=O) groups excluding carboxylic acids is 2. The molecular weight excluding hydrogens is 373 g/mol. The first-order chi connectivity index (χ1) is 11.8. The summed E-state index contributed by atoms with van der Waals surface area (Å²) in [6.07, 6.45) is -0.0580. The second-order valence-corrected chi connectivity index (χ2v) is 6.04. The lowest BCUT2D eigenvalue weighted by Gasteiger charge is -2.21. The molecule has 25 heavy (non-hydrogen) atoms. The summed E-state index contributed by atoms with van der Waals surface area (Å²) in [6.45, 7) is 1.27. The van der Waals surface area contributed by atoms with Crippen molar-refractivity contribution >= 4 is 46.4 Å². The van der Waals surface area contributed by atoms with Crippen molar-refractivity contribution in [2.45, 2.75) is 13.3 Å². The van der Waals surface area contributed by atoms with Crippen LogP contribution >= 0.6 is 23.2 Å². The molecule has 0 aliphatic carbocycles. The molecule has 2 amide bonds. The van der Waals surface area contributed by atoms with Crippen LogP contribution in [-0.2, 0) is 9.59 Å². The van der Waals surface area contributed by atoms with E-state index in [4.69, 9.17) is 23.2 Å². The molecule has 2 aromatic rings. The summed E-state index contributed by atoms with van der Waals surface area (Å²) < 4.78 is 26.4. The van der Waals surface area contributed by atoms with Crippen LogP contribution in [0.2, 0.25) is 10.0 Å². The fourth-order valence-electron chi connectivity index (χ4n) is 2.14. The molecule has 0 aliphatic heterocycles. The van der Waals surface area contributed by atoms with Crippen LogP contribution in [0.15, 0.2) is 36.4 Å². The van der Waals surface area contributed by atoms with E-state index in [-0.39, 0.29) is 23.7 Å². The van der Waals surface area contributed by atoms with Crippen LogP contribution in [0, 0.1) is 11.6 Å². The number of nitrogens with zero attached hydrogens (tertiary/aromatic N) is 1. The summed E-state index contributed by atoms with van der Waals surface area (Å²) in [5.74, 6) is -2.87. The van der Waals surface area contributed by atoms with Crippen molar-refractivity contribution in [2.75, 3.05) is 16.8 Å². The van der Waals surface area contributed by atoms with Gasteiger partial charge in [0.15, 0.2) is 11.6 Å². The van der Waals surface area contributed by atoms with Gasteiger partial charge in [0.2, 0.25) is 11.8 Å². The molecule has 2 aromatic carbocycles. The summed E-state index contributed by atoms with van der Waals surface area (Å²) in [7, 11) is 0. The van der Waals surface area contributed by atoms with Gasteiger partial charge in [-0.05, 0) is 30.3 Å². The van der Waals surface area contributed by atoms with Gasteiger partial charge in [0.25, 0.3) is 0 Å². The number of hydrogen-bond donors (Lipinski definition) is 1. The fraction of sp³-hybridized carbons (Fsp3) is 0.176. The van der Waals surface area contributed by atoms with Crippen molar-refractivity contribution < 1.29 is 18.4 Å². The Morgan fingerprint density at radius 3 is 2.40 bits per heavy atom. The van der Waals surface area contributed by atoms with Crippen molar-refractivity contribution in [1.29, 1.82) is 0 Å². The lowest BCUT2D eigenvalue weighted by Crippen LogP contribution is -2.32. The fourth-order valence-corrected chi connectivity index (χ4v) is 2.59. The maximum absolute atomic E-state index is 13.3. The molecule has 0 unspecified atom stereocenters. The summed E-state index contributed by atoms with van der Waals surface area (Å²) in [6, 6.07) is 7.72. The highest BCUT2D eigenvalue weighted by Gasteiger charge is 2.16. The molecule has 0 heterocycles. The molecule has 4 nitrogen and oxygen atoms in total. The van der Waals surface area contributed by atoms with Gasteiger partial charge in [-0.25, -0.2) is 8.78 Å². The van der Waals surface area contributed by atoms with Crippen LogP contribution in [0.25, 0.3) is 0 Å². The van der Waals surface area contributed by atoms with Crippen LogP contribution in [0.3, 0.4) is 0 Å². The Morgan fingerprint density at radius 1 is 1.08 bits per heavy atom. The highest BCUT2D eigenvalue weighted by atomic mass is 35.5. The molecule has 132 valence electrons. The molecule has 0 atom stereocenters. The van der Waals surface area contributed by atoms with Crippen LogP contribution in [0.5, 0.6) is 0 Å². The van der Waals surface area contributed by atoms with E-state index in [2.05, 4.69) is 5.32 Å². The maximum Gasteiger partial charge on any atom is 0.226 e. The van der Waals surface area contributed by atoms with Gasteiger partial charge in [-0.1, -0.05) is 23.2 Å². The number of amides is 2. The lowest BCUT2D eigenvalue weighted by atomic mass is 10.2. The van der Waals surface area contributed by atoms with Crippen LogP contribution < -0.4 is 10.2 Å². The molecule has 0 spiro atoms. The first kappa shape index (κ1) is 19.1. The van der Waals surface area contributed by atoms with E-state index in [1.54, 1.807) is 12.1 Å². The first-order valence-corrected chi connectivity index (χ1v) is 8.01. The van der Waals surface area contributed by atoms with Crippen molar-refractivity contribution in [2.24, 2.45) is 0 Å². The van der Waals surface area contributed by atoms with Gasteiger partial charge in [-0.3, -0.25) is 9.59 Å². The second-order valence-electron chi connectivity index (χ2n) is 5.19. The van der Waals surface area contributed by atoms with E-state index in [0.29, 0.717) is 10.7 Å². The zero-order valence-electron chi connectivity index (χ0n) is 13.2. The molecule has 0 aliphatic rings. The Bertz CT molecular complexity index is 815. The third-order valence-corrected chi connectivity index (χ3v) is 3.91. The number of anilines is 2. The third kappa shape index (κ3) is 5.14. The van der Waals surface area contributed by atoms with E-state index in [1.165, 1.54) is 24.0 Å². The molecule has 2 rings (SSSR count). The zero-order chi connectivity index (χ0) is 18.6. The number of carbonyl (C=O) groups is 2. The second kappa shape index (κ2) is 8.27. The van der Waals surface area contributed by atoms with E-state index in [9.17, 15) is 18.4 Å². The molecule has 0 radical (unpaired) electrons. The third-order valence-electron chi connectivity index (χ3n) is 3.36. The van der Waals surface area contributed by atoms with Crippen molar-refractivity contribution in [3.05, 3.63) is 58.1 Å². The molecule has 0 saturated heterocycles. The largest absolute Gasteiger partial charge is 0.325 e. The molecule has 0 saturated carbocycles. The Kier molecular flexibility index (Phi) is 6.33. The zero-order valence-corrected chi connectivity index (χ0v) is 14.7.